The van der Waals surface area contributed by atoms with Gasteiger partial charge < -0.3 is 14.7 Å². The Morgan fingerprint density at radius 3 is 2.52 bits per heavy atom. The Kier molecular flexibility index (Phi) is 6.88. The first-order chi connectivity index (χ1) is 13.0. The third-order valence-electron chi connectivity index (χ3n) is 4.71. The van der Waals surface area contributed by atoms with Crippen LogP contribution < -0.4 is 9.64 Å². The summed E-state index contributed by atoms with van der Waals surface area (Å²) in [5.41, 5.74) is 1.76. The van der Waals surface area contributed by atoms with E-state index in [2.05, 4.69) is 50.0 Å². The first kappa shape index (κ1) is 19.9. The molecule has 144 valence electrons. The second-order valence-electron chi connectivity index (χ2n) is 6.78. The molecule has 0 saturated carbocycles. The zero-order valence-electron chi connectivity index (χ0n) is 15.5. The van der Waals surface area contributed by atoms with E-state index in [-0.39, 0.29) is 12.4 Å². The predicted molar refractivity (Wildman–Crippen MR) is 111 cm³/mol. The van der Waals surface area contributed by atoms with Crippen LogP contribution >= 0.6 is 15.9 Å². The van der Waals surface area contributed by atoms with Crippen LogP contribution in [-0.4, -0.2) is 61.2 Å². The monoisotopic (exact) mass is 432 g/mol. The van der Waals surface area contributed by atoms with Crippen LogP contribution in [0, 0.1) is 0 Å². The molecule has 0 amide bonds. The van der Waals surface area contributed by atoms with Crippen LogP contribution in [0.1, 0.15) is 17.3 Å². The number of hydrogen-bond acceptors (Lipinski definition) is 5. The zero-order valence-corrected chi connectivity index (χ0v) is 17.1. The van der Waals surface area contributed by atoms with Crippen LogP contribution in [-0.2, 0) is 0 Å². The Morgan fingerprint density at radius 2 is 1.85 bits per heavy atom. The van der Waals surface area contributed by atoms with E-state index in [0.29, 0.717) is 17.9 Å². The summed E-state index contributed by atoms with van der Waals surface area (Å²) < 4.78 is 6.55. The van der Waals surface area contributed by atoms with E-state index in [0.717, 1.165) is 30.7 Å². The topological polar surface area (TPSA) is 53.0 Å². The van der Waals surface area contributed by atoms with Gasteiger partial charge in [0, 0.05) is 42.9 Å². The van der Waals surface area contributed by atoms with E-state index in [1.54, 1.807) is 12.1 Å². The van der Waals surface area contributed by atoms with Crippen LogP contribution in [0.15, 0.2) is 53.0 Å². The van der Waals surface area contributed by atoms with Gasteiger partial charge in [0.2, 0.25) is 0 Å². The first-order valence-electron chi connectivity index (χ1n) is 9.16. The Bertz CT molecular complexity index is 761. The van der Waals surface area contributed by atoms with Gasteiger partial charge in [-0.05, 0) is 37.3 Å². The van der Waals surface area contributed by atoms with Crippen molar-refractivity contribution in [3.05, 3.63) is 58.6 Å². The highest BCUT2D eigenvalue weighted by molar-refractivity contribution is 9.10. The van der Waals surface area contributed by atoms with Gasteiger partial charge in [0.05, 0.1) is 5.56 Å². The van der Waals surface area contributed by atoms with Gasteiger partial charge >= 0.3 is 0 Å². The number of aliphatic hydroxyl groups is 1. The van der Waals surface area contributed by atoms with Crippen molar-refractivity contribution in [2.45, 2.75) is 13.0 Å². The number of ketones is 1. The molecule has 5 nitrogen and oxygen atoms in total. The molecule has 6 heteroatoms. The van der Waals surface area contributed by atoms with Crippen molar-refractivity contribution in [2.24, 2.45) is 0 Å². The van der Waals surface area contributed by atoms with Gasteiger partial charge in [0.25, 0.3) is 0 Å². The van der Waals surface area contributed by atoms with E-state index in [9.17, 15) is 9.90 Å². The molecule has 0 radical (unpaired) electrons. The Morgan fingerprint density at radius 1 is 1.15 bits per heavy atom. The summed E-state index contributed by atoms with van der Waals surface area (Å²) in [5.74, 6) is 0.455. The summed E-state index contributed by atoms with van der Waals surface area (Å²) in [6, 6.07) is 15.7. The molecular weight excluding hydrogens is 408 g/mol. The summed E-state index contributed by atoms with van der Waals surface area (Å²) in [6.45, 7) is 5.94. The van der Waals surface area contributed by atoms with Crippen molar-refractivity contribution in [2.75, 3.05) is 44.2 Å². The molecule has 2 aromatic carbocycles. The van der Waals surface area contributed by atoms with Crippen molar-refractivity contribution in [1.29, 1.82) is 0 Å². The second kappa shape index (κ2) is 9.35. The molecule has 1 aliphatic heterocycles. The fraction of sp³-hybridized carbons (Fsp3) is 0.381. The highest BCUT2D eigenvalue weighted by atomic mass is 79.9. The van der Waals surface area contributed by atoms with Crippen molar-refractivity contribution in [3.8, 4) is 5.75 Å². The van der Waals surface area contributed by atoms with Gasteiger partial charge in [-0.2, -0.15) is 0 Å². The first-order valence-corrected chi connectivity index (χ1v) is 9.96. The minimum Gasteiger partial charge on any atom is -0.490 e. The number of rotatable bonds is 7. The third kappa shape index (κ3) is 5.54. The molecule has 1 atom stereocenters. The Balaban J connectivity index is 1.47. The van der Waals surface area contributed by atoms with Crippen molar-refractivity contribution in [1.82, 2.24) is 4.90 Å². The molecule has 1 N–H and O–H groups in total. The van der Waals surface area contributed by atoms with Crippen LogP contribution in [0.25, 0.3) is 0 Å². The van der Waals surface area contributed by atoms with E-state index in [1.165, 1.54) is 12.6 Å². The number of nitrogens with zero attached hydrogens (tertiary/aromatic N) is 2. The van der Waals surface area contributed by atoms with Gasteiger partial charge in [0.1, 0.15) is 18.5 Å². The molecule has 0 aliphatic carbocycles. The number of halogens is 1. The van der Waals surface area contributed by atoms with E-state index in [4.69, 9.17) is 4.74 Å². The number of β-amino-alcohol motifs (C(OH)–C–C–N with tert-alkyl or cyclic N) is 1. The molecule has 1 heterocycles. The Hall–Kier alpha value is -1.89. The smallest absolute Gasteiger partial charge is 0.163 e. The lowest BCUT2D eigenvalue weighted by Crippen LogP contribution is -2.49. The molecular formula is C21H25BrN2O3. The molecule has 1 unspecified atom stereocenters. The number of aliphatic hydroxyl groups excluding tert-OH is 1. The SMILES string of the molecule is CC(=O)c1cc(Br)ccc1OCC(O)CN1CCN(c2ccccc2)CC1. The maximum absolute atomic E-state index is 11.8. The number of carbonyl (C=O) groups excluding carboxylic acids is 1. The zero-order chi connectivity index (χ0) is 19.2. The molecule has 0 spiro atoms. The molecule has 1 fully saturated rings. The number of Topliss-reactive ketones (excluding diaryl/α,β-unsaturated/α-hetero) is 1. The van der Waals surface area contributed by atoms with Crippen molar-refractivity contribution in [3.63, 3.8) is 0 Å². The largest absolute Gasteiger partial charge is 0.490 e. The summed E-state index contributed by atoms with van der Waals surface area (Å²) in [4.78, 5) is 16.4. The van der Waals surface area contributed by atoms with E-state index >= 15 is 0 Å². The van der Waals surface area contributed by atoms with Crippen molar-refractivity contribution < 1.29 is 14.6 Å². The summed E-state index contributed by atoms with van der Waals surface area (Å²) in [5, 5.41) is 10.4. The fourth-order valence-corrected chi connectivity index (χ4v) is 3.63. The van der Waals surface area contributed by atoms with Crippen LogP contribution in [0.4, 0.5) is 5.69 Å². The minimum atomic E-state index is -0.600. The normalized spacial score (nSPS) is 16.2. The van der Waals surface area contributed by atoms with Gasteiger partial charge in [-0.15, -0.1) is 0 Å². The number of carbonyl (C=O) groups is 1. The molecule has 1 aliphatic rings. The number of ether oxygens (including phenoxy) is 1. The summed E-state index contributed by atoms with van der Waals surface area (Å²) in [6.07, 6.45) is -0.600. The third-order valence-corrected chi connectivity index (χ3v) is 5.21. The summed E-state index contributed by atoms with van der Waals surface area (Å²) in [7, 11) is 0. The number of piperazine rings is 1. The predicted octanol–water partition coefficient (Wildman–Crippen LogP) is 3.21. The number of benzene rings is 2. The number of hydrogen-bond donors (Lipinski definition) is 1. The maximum Gasteiger partial charge on any atom is 0.163 e. The quantitative estimate of drug-likeness (QED) is 0.680. The summed E-state index contributed by atoms with van der Waals surface area (Å²) >= 11 is 3.36. The maximum atomic E-state index is 11.8. The standard InChI is InChI=1S/C21H25BrN2O3/c1-16(25)20-13-17(22)7-8-21(20)27-15-19(26)14-23-9-11-24(12-10-23)18-5-3-2-4-6-18/h2-8,13,19,26H,9-12,14-15H2,1H3. The molecule has 1 saturated heterocycles. The average molecular weight is 433 g/mol. The molecule has 2 aromatic rings. The fourth-order valence-electron chi connectivity index (χ4n) is 3.27. The number of anilines is 1. The number of para-hydroxylation sites is 1. The van der Waals surface area contributed by atoms with Crippen molar-refractivity contribution >= 4 is 27.4 Å². The molecule has 27 heavy (non-hydrogen) atoms. The van der Waals surface area contributed by atoms with E-state index < -0.39 is 6.10 Å². The highest BCUT2D eigenvalue weighted by Crippen LogP contribution is 2.24. The lowest BCUT2D eigenvalue weighted by Gasteiger charge is -2.36. The van der Waals surface area contributed by atoms with Crippen LogP contribution in [0.2, 0.25) is 0 Å². The lowest BCUT2D eigenvalue weighted by atomic mass is 10.1. The Labute approximate surface area is 168 Å². The second-order valence-corrected chi connectivity index (χ2v) is 7.70. The van der Waals surface area contributed by atoms with Gasteiger partial charge in [-0.1, -0.05) is 34.1 Å². The minimum absolute atomic E-state index is 0.0576. The van der Waals surface area contributed by atoms with Crippen LogP contribution in [0.5, 0.6) is 5.75 Å². The van der Waals surface area contributed by atoms with Crippen LogP contribution in [0.3, 0.4) is 0 Å². The highest BCUT2D eigenvalue weighted by Gasteiger charge is 2.20. The van der Waals surface area contributed by atoms with Gasteiger partial charge in [0.15, 0.2) is 5.78 Å². The van der Waals surface area contributed by atoms with E-state index in [1.807, 2.05) is 12.1 Å². The molecule has 0 bridgehead atoms. The van der Waals surface area contributed by atoms with Gasteiger partial charge in [-0.3, -0.25) is 9.69 Å². The molecule has 3 rings (SSSR count). The average Bonchev–Trinajstić information content (AvgIpc) is 2.68. The van der Waals surface area contributed by atoms with Gasteiger partial charge in [-0.25, -0.2) is 0 Å². The molecule has 0 aromatic heterocycles. The lowest BCUT2D eigenvalue weighted by molar-refractivity contribution is 0.0656.